The van der Waals surface area contributed by atoms with E-state index in [1.54, 1.807) is 0 Å². The smallest absolute Gasteiger partial charge is 0.143 e. The highest BCUT2D eigenvalue weighted by atomic mass is 79.9. The summed E-state index contributed by atoms with van der Waals surface area (Å²) in [7, 11) is 2.16. The minimum absolute atomic E-state index is 1.06. The van der Waals surface area contributed by atoms with Crippen LogP contribution in [0.25, 0.3) is 0 Å². The highest BCUT2D eigenvalue weighted by Gasteiger charge is 2.17. The quantitative estimate of drug-likeness (QED) is 0.777. The Hall–Kier alpha value is -0.610. The van der Waals surface area contributed by atoms with E-state index in [0.29, 0.717) is 0 Å². The summed E-state index contributed by atoms with van der Waals surface area (Å²) in [6.07, 6.45) is 0. The van der Waals surface area contributed by atoms with E-state index in [0.717, 1.165) is 42.2 Å². The lowest BCUT2D eigenvalue weighted by Crippen LogP contribution is -2.45. The van der Waals surface area contributed by atoms with E-state index in [1.807, 2.05) is 13.0 Å². The van der Waals surface area contributed by atoms with E-state index in [-0.39, 0.29) is 0 Å². The first-order chi connectivity index (χ1) is 7.16. The number of aryl methyl sites for hydroxylation is 1. The Morgan fingerprint density at radius 2 is 1.87 bits per heavy atom. The number of rotatable bonds is 1. The number of nitrogens with zero attached hydrogens (tertiary/aromatic N) is 3. The molecule has 0 unspecified atom stereocenters. The van der Waals surface area contributed by atoms with Crippen molar-refractivity contribution in [1.29, 1.82) is 0 Å². The highest BCUT2D eigenvalue weighted by molar-refractivity contribution is 9.10. The zero-order valence-electron chi connectivity index (χ0n) is 9.20. The summed E-state index contributed by atoms with van der Waals surface area (Å²) in [5.74, 6) is 1.09. The fourth-order valence-corrected chi connectivity index (χ4v) is 2.24. The molecule has 1 aliphatic heterocycles. The first kappa shape index (κ1) is 10.9. The van der Waals surface area contributed by atoms with Gasteiger partial charge in [-0.15, -0.1) is 0 Å². The van der Waals surface area contributed by atoms with Crippen molar-refractivity contribution < 1.29 is 0 Å². The van der Waals surface area contributed by atoms with Gasteiger partial charge in [0.05, 0.1) is 4.47 Å². The van der Waals surface area contributed by atoms with Crippen molar-refractivity contribution in [3.63, 3.8) is 0 Å². The molecule has 0 aliphatic carbocycles. The molecule has 0 atom stereocenters. The van der Waals surface area contributed by atoms with Gasteiger partial charge in [-0.3, -0.25) is 0 Å². The van der Waals surface area contributed by atoms with Crippen LogP contribution >= 0.6 is 15.9 Å². The van der Waals surface area contributed by atoms with Crippen molar-refractivity contribution in [2.45, 2.75) is 6.92 Å². The Balaban J connectivity index is 2.18. The summed E-state index contributed by atoms with van der Waals surface area (Å²) in [5.41, 5.74) is 1.08. The van der Waals surface area contributed by atoms with Crippen molar-refractivity contribution >= 4 is 21.7 Å². The maximum atomic E-state index is 4.58. The number of pyridine rings is 1. The predicted octanol–water partition coefficient (Wildman–Crippen LogP) is 1.90. The minimum Gasteiger partial charge on any atom is -0.353 e. The van der Waals surface area contributed by atoms with Gasteiger partial charge >= 0.3 is 0 Å². The van der Waals surface area contributed by atoms with Crippen molar-refractivity contribution in [1.82, 2.24) is 9.88 Å². The topological polar surface area (TPSA) is 19.4 Å². The lowest BCUT2D eigenvalue weighted by molar-refractivity contribution is 0.312. The average Bonchev–Trinajstić information content (AvgIpc) is 2.23. The van der Waals surface area contributed by atoms with Crippen molar-refractivity contribution in [2.75, 3.05) is 38.1 Å². The molecule has 2 rings (SSSR count). The summed E-state index contributed by atoms with van der Waals surface area (Å²) < 4.78 is 1.10. The monoisotopic (exact) mass is 269 g/mol. The van der Waals surface area contributed by atoms with Gasteiger partial charge in [-0.25, -0.2) is 4.98 Å². The number of piperazine rings is 1. The van der Waals surface area contributed by atoms with Crippen LogP contribution in [0.4, 0.5) is 5.82 Å². The molecular formula is C11H16BrN3. The van der Waals surface area contributed by atoms with Crippen LogP contribution in [0.5, 0.6) is 0 Å². The Labute approximate surface area is 99.2 Å². The Kier molecular flexibility index (Phi) is 3.26. The molecule has 2 heterocycles. The van der Waals surface area contributed by atoms with Gasteiger partial charge in [0.1, 0.15) is 5.82 Å². The number of aromatic nitrogens is 1. The van der Waals surface area contributed by atoms with Crippen LogP contribution < -0.4 is 4.90 Å². The average molecular weight is 270 g/mol. The molecule has 15 heavy (non-hydrogen) atoms. The van der Waals surface area contributed by atoms with Crippen LogP contribution in [0, 0.1) is 6.92 Å². The first-order valence-corrected chi connectivity index (χ1v) is 6.03. The largest absolute Gasteiger partial charge is 0.353 e. The van der Waals surface area contributed by atoms with Gasteiger partial charge in [-0.1, -0.05) is 0 Å². The molecule has 82 valence electrons. The third-order valence-corrected chi connectivity index (χ3v) is 3.39. The zero-order valence-corrected chi connectivity index (χ0v) is 10.8. The maximum Gasteiger partial charge on any atom is 0.143 e. The van der Waals surface area contributed by atoms with E-state index in [2.05, 4.69) is 43.8 Å². The van der Waals surface area contributed by atoms with Crippen molar-refractivity contribution in [2.24, 2.45) is 0 Å². The van der Waals surface area contributed by atoms with Gasteiger partial charge in [-0.2, -0.15) is 0 Å². The fourth-order valence-electron chi connectivity index (χ4n) is 1.77. The van der Waals surface area contributed by atoms with Crippen LogP contribution in [-0.2, 0) is 0 Å². The summed E-state index contributed by atoms with van der Waals surface area (Å²) >= 11 is 3.56. The Morgan fingerprint density at radius 3 is 2.53 bits per heavy atom. The maximum absolute atomic E-state index is 4.58. The molecule has 1 saturated heterocycles. The fraction of sp³-hybridized carbons (Fsp3) is 0.545. The van der Waals surface area contributed by atoms with Gasteiger partial charge in [0.2, 0.25) is 0 Å². The van der Waals surface area contributed by atoms with Crippen LogP contribution in [0.1, 0.15) is 5.69 Å². The van der Waals surface area contributed by atoms with Crippen LogP contribution in [0.3, 0.4) is 0 Å². The molecule has 0 saturated carbocycles. The number of hydrogen-bond donors (Lipinski definition) is 0. The predicted molar refractivity (Wildman–Crippen MR) is 66.4 cm³/mol. The van der Waals surface area contributed by atoms with Crippen LogP contribution in [0.15, 0.2) is 16.6 Å². The molecular weight excluding hydrogens is 254 g/mol. The van der Waals surface area contributed by atoms with Crippen LogP contribution in [-0.4, -0.2) is 43.1 Å². The third-order valence-electron chi connectivity index (χ3n) is 2.77. The molecule has 0 aromatic carbocycles. The summed E-state index contributed by atoms with van der Waals surface area (Å²) in [5, 5.41) is 0. The van der Waals surface area contributed by atoms with E-state index in [9.17, 15) is 0 Å². The molecule has 1 aromatic rings. The standard InChI is InChI=1S/C11H16BrN3/c1-9-3-4-10(12)11(13-9)15-7-5-14(2)6-8-15/h3-4H,5-8H2,1-2H3. The molecule has 0 amide bonds. The molecule has 0 radical (unpaired) electrons. The summed E-state index contributed by atoms with van der Waals surface area (Å²) in [6, 6.07) is 4.11. The molecule has 1 aromatic heterocycles. The summed E-state index contributed by atoms with van der Waals surface area (Å²) in [6.45, 7) is 6.38. The lowest BCUT2D eigenvalue weighted by Gasteiger charge is -2.33. The molecule has 0 spiro atoms. The Bertz CT molecular complexity index is 346. The van der Waals surface area contributed by atoms with E-state index in [1.165, 1.54) is 0 Å². The van der Waals surface area contributed by atoms with Gasteiger partial charge in [0.25, 0.3) is 0 Å². The molecule has 3 nitrogen and oxygen atoms in total. The molecule has 1 aliphatic rings. The number of hydrogen-bond acceptors (Lipinski definition) is 3. The number of halogens is 1. The second kappa shape index (κ2) is 4.49. The molecule has 0 N–H and O–H groups in total. The highest BCUT2D eigenvalue weighted by Crippen LogP contribution is 2.24. The molecule has 0 bridgehead atoms. The lowest BCUT2D eigenvalue weighted by atomic mass is 10.3. The molecule has 1 fully saturated rings. The molecule has 4 heteroatoms. The SMILES string of the molecule is Cc1ccc(Br)c(N2CCN(C)CC2)n1. The first-order valence-electron chi connectivity index (χ1n) is 5.23. The van der Waals surface area contributed by atoms with E-state index >= 15 is 0 Å². The third kappa shape index (κ3) is 2.49. The second-order valence-electron chi connectivity index (χ2n) is 4.05. The van der Waals surface area contributed by atoms with Crippen molar-refractivity contribution in [3.8, 4) is 0 Å². The second-order valence-corrected chi connectivity index (χ2v) is 4.90. The number of likely N-dealkylation sites (N-methyl/N-ethyl adjacent to an activating group) is 1. The van der Waals surface area contributed by atoms with Crippen molar-refractivity contribution in [3.05, 3.63) is 22.3 Å². The normalized spacial score (nSPS) is 18.2. The van der Waals surface area contributed by atoms with Gasteiger partial charge in [0, 0.05) is 31.9 Å². The van der Waals surface area contributed by atoms with Crippen LogP contribution in [0.2, 0.25) is 0 Å². The Morgan fingerprint density at radius 1 is 1.20 bits per heavy atom. The number of anilines is 1. The van der Waals surface area contributed by atoms with E-state index in [4.69, 9.17) is 0 Å². The van der Waals surface area contributed by atoms with Gasteiger partial charge in [-0.05, 0) is 42.0 Å². The van der Waals surface area contributed by atoms with Gasteiger partial charge < -0.3 is 9.80 Å². The summed E-state index contributed by atoms with van der Waals surface area (Å²) in [4.78, 5) is 9.27. The minimum atomic E-state index is 1.06. The van der Waals surface area contributed by atoms with Gasteiger partial charge in [0.15, 0.2) is 0 Å². The van der Waals surface area contributed by atoms with E-state index < -0.39 is 0 Å². The zero-order chi connectivity index (χ0) is 10.8.